The highest BCUT2D eigenvalue weighted by Crippen LogP contribution is 2.31. The van der Waals surface area contributed by atoms with Crippen molar-refractivity contribution in [3.8, 4) is 11.1 Å². The molecule has 0 fully saturated rings. The second kappa shape index (κ2) is 5.13. The van der Waals surface area contributed by atoms with E-state index in [-0.39, 0.29) is 11.4 Å². The van der Waals surface area contributed by atoms with Crippen molar-refractivity contribution < 1.29 is 22.0 Å². The van der Waals surface area contributed by atoms with Gasteiger partial charge in [0.05, 0.1) is 5.56 Å². The van der Waals surface area contributed by atoms with Gasteiger partial charge in [-0.25, -0.2) is 22.0 Å². The van der Waals surface area contributed by atoms with Gasteiger partial charge in [-0.3, -0.25) is 4.98 Å². The molecule has 0 aliphatic rings. The summed E-state index contributed by atoms with van der Waals surface area (Å²) in [6.07, 6.45) is 2.32. The monoisotopic (exact) mass is 293 g/mol. The summed E-state index contributed by atoms with van der Waals surface area (Å²) < 4.78 is 66.1. The first-order valence-corrected chi connectivity index (χ1v) is 5.52. The number of alkyl halides is 1. The number of hydrogen-bond acceptors (Lipinski definition) is 1. The summed E-state index contributed by atoms with van der Waals surface area (Å²) in [5.74, 6) is -9.98. The van der Waals surface area contributed by atoms with Crippen molar-refractivity contribution in [2.45, 2.75) is 5.88 Å². The van der Waals surface area contributed by atoms with Crippen molar-refractivity contribution in [2.24, 2.45) is 0 Å². The van der Waals surface area contributed by atoms with Gasteiger partial charge in [-0.2, -0.15) is 0 Å². The zero-order valence-electron chi connectivity index (χ0n) is 9.15. The molecular formula is C12H5ClF5N. The van der Waals surface area contributed by atoms with Crippen LogP contribution in [0.25, 0.3) is 11.1 Å². The summed E-state index contributed by atoms with van der Waals surface area (Å²) in [6, 6.07) is 1.21. The van der Waals surface area contributed by atoms with E-state index in [1.165, 1.54) is 12.3 Å². The van der Waals surface area contributed by atoms with Crippen LogP contribution in [-0.4, -0.2) is 4.98 Å². The minimum atomic E-state index is -2.19. The molecule has 0 N–H and O–H groups in total. The van der Waals surface area contributed by atoms with Crippen molar-refractivity contribution in [1.29, 1.82) is 0 Å². The third-order valence-corrected chi connectivity index (χ3v) is 2.76. The van der Waals surface area contributed by atoms with Crippen LogP contribution in [0.5, 0.6) is 0 Å². The lowest BCUT2D eigenvalue weighted by atomic mass is 10.0. The van der Waals surface area contributed by atoms with E-state index in [0.29, 0.717) is 5.56 Å². The summed E-state index contributed by atoms with van der Waals surface area (Å²) in [7, 11) is 0. The van der Waals surface area contributed by atoms with Crippen LogP contribution in [0.3, 0.4) is 0 Å². The molecule has 1 aromatic heterocycles. The van der Waals surface area contributed by atoms with Gasteiger partial charge in [-0.05, 0) is 11.6 Å². The Hall–Kier alpha value is -1.69. The van der Waals surface area contributed by atoms with E-state index < -0.39 is 34.6 Å². The molecule has 0 aliphatic carbocycles. The maximum Gasteiger partial charge on any atom is 0.200 e. The van der Waals surface area contributed by atoms with E-state index in [1.807, 2.05) is 0 Å². The minimum Gasteiger partial charge on any atom is -0.264 e. The zero-order valence-corrected chi connectivity index (χ0v) is 9.91. The smallest absolute Gasteiger partial charge is 0.200 e. The SMILES string of the molecule is Fc1c(F)c(F)c(-c2cncc(CCl)c2)c(F)c1F. The van der Waals surface area contributed by atoms with Crippen LogP contribution in [0, 0.1) is 29.1 Å². The highest BCUT2D eigenvalue weighted by Gasteiger charge is 2.26. The summed E-state index contributed by atoms with van der Waals surface area (Å²) in [6.45, 7) is 0. The van der Waals surface area contributed by atoms with Gasteiger partial charge in [0.15, 0.2) is 23.3 Å². The van der Waals surface area contributed by atoms with Crippen molar-refractivity contribution in [3.05, 3.63) is 53.1 Å². The molecule has 1 heterocycles. The van der Waals surface area contributed by atoms with Gasteiger partial charge in [0.1, 0.15) is 0 Å². The van der Waals surface area contributed by atoms with E-state index in [0.717, 1.165) is 6.20 Å². The summed E-state index contributed by atoms with van der Waals surface area (Å²) >= 11 is 5.52. The standard InChI is InChI=1S/C12H5ClF5N/c13-2-5-1-6(4-19-3-5)7-8(14)10(16)12(18)11(17)9(7)15/h1,3-4H,2H2. The average molecular weight is 294 g/mol. The molecule has 0 aliphatic heterocycles. The van der Waals surface area contributed by atoms with Crippen molar-refractivity contribution in [3.63, 3.8) is 0 Å². The van der Waals surface area contributed by atoms with Crippen LogP contribution in [0.15, 0.2) is 18.5 Å². The first-order chi connectivity index (χ1) is 8.97. The predicted octanol–water partition coefficient (Wildman–Crippen LogP) is 4.18. The lowest BCUT2D eigenvalue weighted by Gasteiger charge is -2.08. The molecule has 19 heavy (non-hydrogen) atoms. The molecule has 0 saturated heterocycles. The molecule has 2 rings (SSSR count). The first-order valence-electron chi connectivity index (χ1n) is 4.99. The number of pyridine rings is 1. The third kappa shape index (κ3) is 2.28. The number of aromatic nitrogens is 1. The van der Waals surface area contributed by atoms with Gasteiger partial charge in [-0.15, -0.1) is 11.6 Å². The van der Waals surface area contributed by atoms with Crippen LogP contribution in [0.1, 0.15) is 5.56 Å². The molecule has 1 aromatic carbocycles. The fraction of sp³-hybridized carbons (Fsp3) is 0.0833. The maximum atomic E-state index is 13.5. The number of halogens is 6. The molecule has 0 atom stereocenters. The fourth-order valence-electron chi connectivity index (χ4n) is 1.56. The molecule has 0 bridgehead atoms. The number of nitrogens with zero attached hydrogens (tertiary/aromatic N) is 1. The largest absolute Gasteiger partial charge is 0.264 e. The Bertz CT molecular complexity index is 615. The van der Waals surface area contributed by atoms with Gasteiger partial charge >= 0.3 is 0 Å². The predicted molar refractivity (Wildman–Crippen MR) is 59.0 cm³/mol. The van der Waals surface area contributed by atoms with Crippen LogP contribution < -0.4 is 0 Å². The summed E-state index contributed by atoms with van der Waals surface area (Å²) in [5.41, 5.74) is -0.857. The highest BCUT2D eigenvalue weighted by molar-refractivity contribution is 6.17. The quantitative estimate of drug-likeness (QED) is 0.350. The van der Waals surface area contributed by atoms with Crippen LogP contribution in [-0.2, 0) is 5.88 Å². The van der Waals surface area contributed by atoms with E-state index in [9.17, 15) is 22.0 Å². The minimum absolute atomic E-state index is 0.00373. The topological polar surface area (TPSA) is 12.9 Å². The van der Waals surface area contributed by atoms with E-state index in [2.05, 4.69) is 4.98 Å². The lowest BCUT2D eigenvalue weighted by Crippen LogP contribution is -2.04. The maximum absolute atomic E-state index is 13.5. The normalized spacial score (nSPS) is 10.8. The molecule has 0 unspecified atom stereocenters. The van der Waals surface area contributed by atoms with Crippen molar-refractivity contribution in [1.82, 2.24) is 4.98 Å². The number of benzene rings is 1. The van der Waals surface area contributed by atoms with Crippen LogP contribution in [0.4, 0.5) is 22.0 Å². The highest BCUT2D eigenvalue weighted by atomic mass is 35.5. The third-order valence-electron chi connectivity index (χ3n) is 2.45. The Balaban J connectivity index is 2.75. The Morgan fingerprint density at radius 1 is 0.842 bits per heavy atom. The Morgan fingerprint density at radius 3 is 1.89 bits per heavy atom. The average Bonchev–Trinajstić information content (AvgIpc) is 2.43. The van der Waals surface area contributed by atoms with Crippen molar-refractivity contribution in [2.75, 3.05) is 0 Å². The van der Waals surface area contributed by atoms with Crippen LogP contribution >= 0.6 is 11.6 Å². The molecular weight excluding hydrogens is 289 g/mol. The van der Waals surface area contributed by atoms with Crippen LogP contribution in [0.2, 0.25) is 0 Å². The molecule has 1 nitrogen and oxygen atoms in total. The second-order valence-corrected chi connectivity index (χ2v) is 3.93. The van der Waals surface area contributed by atoms with E-state index in [4.69, 9.17) is 11.6 Å². The summed E-state index contributed by atoms with van der Waals surface area (Å²) in [5, 5.41) is 0. The Morgan fingerprint density at radius 2 is 1.37 bits per heavy atom. The number of hydrogen-bond donors (Lipinski definition) is 0. The van der Waals surface area contributed by atoms with Gasteiger partial charge in [0.2, 0.25) is 5.82 Å². The summed E-state index contributed by atoms with van der Waals surface area (Å²) in [4.78, 5) is 3.64. The van der Waals surface area contributed by atoms with Gasteiger partial charge in [0.25, 0.3) is 0 Å². The van der Waals surface area contributed by atoms with Crippen molar-refractivity contribution >= 4 is 11.6 Å². The second-order valence-electron chi connectivity index (χ2n) is 3.66. The molecule has 0 spiro atoms. The molecule has 100 valence electrons. The Kier molecular flexibility index (Phi) is 3.71. The van der Waals surface area contributed by atoms with E-state index in [1.54, 1.807) is 0 Å². The number of rotatable bonds is 2. The van der Waals surface area contributed by atoms with Gasteiger partial charge in [-0.1, -0.05) is 0 Å². The zero-order chi connectivity index (χ0) is 14.2. The molecule has 2 aromatic rings. The fourth-order valence-corrected chi connectivity index (χ4v) is 1.70. The molecule has 0 amide bonds. The molecule has 0 saturated carbocycles. The first kappa shape index (κ1) is 13.7. The Labute approximate surface area is 109 Å². The molecule has 7 heteroatoms. The van der Waals surface area contributed by atoms with Gasteiger partial charge in [0, 0.05) is 23.8 Å². The molecule has 0 radical (unpaired) electrons. The van der Waals surface area contributed by atoms with E-state index >= 15 is 0 Å². The lowest BCUT2D eigenvalue weighted by molar-refractivity contribution is 0.381. The van der Waals surface area contributed by atoms with Gasteiger partial charge < -0.3 is 0 Å².